The molecule has 0 aliphatic carbocycles. The maximum absolute atomic E-state index is 12.3. The minimum absolute atomic E-state index is 0.143. The number of thioether (sulfide) groups is 1. The molecule has 190 valence electrons. The van der Waals surface area contributed by atoms with E-state index in [4.69, 9.17) is 0 Å². The van der Waals surface area contributed by atoms with Crippen molar-refractivity contribution in [2.24, 2.45) is 14.1 Å². The predicted molar refractivity (Wildman–Crippen MR) is 146 cm³/mol. The molecular formula is C27H33N5O2S2. The number of sulfone groups is 1. The Hall–Kier alpha value is -2.62. The highest BCUT2D eigenvalue weighted by atomic mass is 32.2. The second-order valence-corrected chi connectivity index (χ2v) is 12.8. The third-order valence-corrected chi connectivity index (χ3v) is 9.97. The highest BCUT2D eigenvalue weighted by Crippen LogP contribution is 2.30. The number of hydrogen-bond donors (Lipinski definition) is 0. The summed E-state index contributed by atoms with van der Waals surface area (Å²) in [5.74, 6) is 2.01. The van der Waals surface area contributed by atoms with Crippen molar-refractivity contribution in [2.45, 2.75) is 36.2 Å². The van der Waals surface area contributed by atoms with Crippen molar-refractivity contribution in [1.29, 1.82) is 0 Å². The van der Waals surface area contributed by atoms with Gasteiger partial charge >= 0.3 is 0 Å². The van der Waals surface area contributed by atoms with Gasteiger partial charge in [-0.25, -0.2) is 8.42 Å². The van der Waals surface area contributed by atoms with E-state index in [9.17, 15) is 8.42 Å². The molecule has 0 saturated carbocycles. The quantitative estimate of drug-likeness (QED) is 0.253. The van der Waals surface area contributed by atoms with E-state index < -0.39 is 9.84 Å². The van der Waals surface area contributed by atoms with Crippen LogP contribution in [0.2, 0.25) is 0 Å². The van der Waals surface area contributed by atoms with Gasteiger partial charge in [-0.2, -0.15) is 0 Å². The Morgan fingerprint density at radius 2 is 1.78 bits per heavy atom. The molecule has 0 N–H and O–H groups in total. The Morgan fingerprint density at radius 1 is 1.00 bits per heavy atom. The molecule has 7 nitrogen and oxygen atoms in total. The number of nitrogens with zero attached hydrogens (tertiary/aromatic N) is 5. The first-order valence-corrected chi connectivity index (χ1v) is 15.1. The molecule has 1 aliphatic rings. The van der Waals surface area contributed by atoms with Crippen LogP contribution in [-0.2, 0) is 36.8 Å². The fourth-order valence-corrected chi connectivity index (χ4v) is 6.74. The van der Waals surface area contributed by atoms with Crippen molar-refractivity contribution in [1.82, 2.24) is 24.2 Å². The minimum atomic E-state index is -3.16. The van der Waals surface area contributed by atoms with Crippen LogP contribution < -0.4 is 0 Å². The van der Waals surface area contributed by atoms with Crippen molar-refractivity contribution in [3.63, 3.8) is 0 Å². The van der Waals surface area contributed by atoms with Gasteiger partial charge in [-0.1, -0.05) is 43.0 Å². The van der Waals surface area contributed by atoms with Gasteiger partial charge in [-0.15, -0.1) is 10.2 Å². The van der Waals surface area contributed by atoms with Crippen molar-refractivity contribution in [3.05, 3.63) is 59.8 Å². The summed E-state index contributed by atoms with van der Waals surface area (Å²) in [5.41, 5.74) is 4.75. The molecule has 0 fully saturated rings. The fraction of sp³-hybridized carbons (Fsp3) is 0.407. The summed E-state index contributed by atoms with van der Waals surface area (Å²) in [6.07, 6.45) is 5.05. The summed E-state index contributed by atoms with van der Waals surface area (Å²) in [6, 6.07) is 14.1. The van der Waals surface area contributed by atoms with Gasteiger partial charge < -0.3 is 14.0 Å². The van der Waals surface area contributed by atoms with Crippen molar-refractivity contribution in [2.75, 3.05) is 31.1 Å². The Labute approximate surface area is 217 Å². The zero-order valence-corrected chi connectivity index (χ0v) is 22.8. The Morgan fingerprint density at radius 3 is 2.58 bits per heavy atom. The first kappa shape index (κ1) is 25.0. The molecule has 4 aromatic rings. The van der Waals surface area contributed by atoms with E-state index in [0.29, 0.717) is 4.90 Å². The van der Waals surface area contributed by atoms with Crippen LogP contribution in [-0.4, -0.2) is 63.8 Å². The Kier molecular flexibility index (Phi) is 7.23. The Balaban J connectivity index is 1.16. The second-order valence-electron chi connectivity index (χ2n) is 9.41. The third-order valence-electron chi connectivity index (χ3n) is 7.13. The molecule has 0 amide bonds. The molecule has 2 aromatic heterocycles. The number of aromatic nitrogens is 4. The van der Waals surface area contributed by atoms with Gasteiger partial charge in [-0.3, -0.25) is 0 Å². The average Bonchev–Trinajstić information content (AvgIpc) is 3.33. The lowest BCUT2D eigenvalue weighted by Crippen LogP contribution is -2.27. The maximum Gasteiger partial charge on any atom is 0.191 e. The minimum Gasteiger partial charge on any atom is -0.350 e. The van der Waals surface area contributed by atoms with E-state index in [1.165, 1.54) is 22.0 Å². The standard InChI is InChI=1S/C27H33N5O2S2/c1-4-36(33,34)22-11-10-20-12-15-32(16-13-21(20)18-22)14-7-17-35-27-29-28-26(31(27)3)24-19-30(2)25-9-6-5-8-23(24)25/h5-6,8-11,18-19H,4,7,12-17H2,1-3H3. The number of fused-ring (bicyclic) bond motifs is 2. The van der Waals surface area contributed by atoms with E-state index in [0.717, 1.165) is 61.2 Å². The van der Waals surface area contributed by atoms with Crippen LogP contribution in [0.4, 0.5) is 0 Å². The largest absolute Gasteiger partial charge is 0.350 e. The number of benzene rings is 2. The average molecular weight is 524 g/mol. The zero-order valence-electron chi connectivity index (χ0n) is 21.1. The summed E-state index contributed by atoms with van der Waals surface area (Å²) in [4.78, 5) is 2.95. The van der Waals surface area contributed by atoms with Crippen LogP contribution in [0.5, 0.6) is 0 Å². The highest BCUT2D eigenvalue weighted by Gasteiger charge is 2.19. The number of hydrogen-bond acceptors (Lipinski definition) is 6. The molecule has 0 spiro atoms. The maximum atomic E-state index is 12.3. The lowest BCUT2D eigenvalue weighted by molar-refractivity contribution is 0.289. The van der Waals surface area contributed by atoms with Crippen LogP contribution in [0.25, 0.3) is 22.3 Å². The van der Waals surface area contributed by atoms with Crippen LogP contribution in [0, 0.1) is 0 Å². The molecule has 1 aliphatic heterocycles. The van der Waals surface area contributed by atoms with E-state index in [1.54, 1.807) is 24.8 Å². The Bertz CT molecular complexity index is 1490. The summed E-state index contributed by atoms with van der Waals surface area (Å²) < 4.78 is 28.8. The first-order valence-electron chi connectivity index (χ1n) is 12.5. The van der Waals surface area contributed by atoms with Gasteiger partial charge in [0.25, 0.3) is 0 Å². The molecular weight excluding hydrogens is 490 g/mol. The first-order chi connectivity index (χ1) is 17.4. The zero-order chi connectivity index (χ0) is 25.3. The van der Waals surface area contributed by atoms with Crippen LogP contribution in [0.1, 0.15) is 24.5 Å². The fourth-order valence-electron chi connectivity index (χ4n) is 4.98. The molecule has 5 rings (SSSR count). The van der Waals surface area contributed by atoms with Gasteiger partial charge in [0.1, 0.15) is 0 Å². The van der Waals surface area contributed by atoms with Gasteiger partial charge in [0.15, 0.2) is 20.8 Å². The molecule has 0 radical (unpaired) electrons. The normalized spacial score (nSPS) is 14.8. The van der Waals surface area contributed by atoms with Crippen molar-refractivity contribution in [3.8, 4) is 11.4 Å². The molecule has 2 aromatic carbocycles. The van der Waals surface area contributed by atoms with Crippen molar-refractivity contribution >= 4 is 32.5 Å². The van der Waals surface area contributed by atoms with Gasteiger partial charge in [0.05, 0.1) is 10.6 Å². The summed E-state index contributed by atoms with van der Waals surface area (Å²) in [7, 11) is 0.940. The predicted octanol–water partition coefficient (Wildman–Crippen LogP) is 4.35. The third kappa shape index (κ3) is 4.96. The summed E-state index contributed by atoms with van der Waals surface area (Å²) >= 11 is 1.75. The molecule has 0 bridgehead atoms. The smallest absolute Gasteiger partial charge is 0.191 e. The topological polar surface area (TPSA) is 73.0 Å². The van der Waals surface area contributed by atoms with E-state index in [2.05, 4.69) is 61.7 Å². The second kappa shape index (κ2) is 10.4. The van der Waals surface area contributed by atoms with E-state index >= 15 is 0 Å². The number of rotatable bonds is 8. The molecule has 0 unspecified atom stereocenters. The lowest BCUT2D eigenvalue weighted by atomic mass is 10.0. The van der Waals surface area contributed by atoms with E-state index in [-0.39, 0.29) is 5.75 Å². The molecule has 9 heteroatoms. The van der Waals surface area contributed by atoms with Gasteiger partial charge in [0.2, 0.25) is 0 Å². The van der Waals surface area contributed by atoms with Gasteiger partial charge in [0, 0.05) is 55.6 Å². The SMILES string of the molecule is CCS(=O)(=O)c1ccc2c(c1)CCN(CCCSc1nnc(-c3cn(C)c4ccccc34)n1C)CC2. The van der Waals surface area contributed by atoms with Crippen LogP contribution >= 0.6 is 11.8 Å². The lowest BCUT2D eigenvalue weighted by Gasteiger charge is -2.19. The monoisotopic (exact) mass is 523 g/mol. The van der Waals surface area contributed by atoms with E-state index in [1.807, 2.05) is 19.2 Å². The molecule has 36 heavy (non-hydrogen) atoms. The summed E-state index contributed by atoms with van der Waals surface area (Å²) in [6.45, 7) is 4.69. The van der Waals surface area contributed by atoms with Crippen LogP contribution in [0.15, 0.2) is 58.7 Å². The molecule has 3 heterocycles. The number of aryl methyl sites for hydroxylation is 1. The highest BCUT2D eigenvalue weighted by molar-refractivity contribution is 7.99. The molecule has 0 saturated heterocycles. The van der Waals surface area contributed by atoms with Crippen LogP contribution in [0.3, 0.4) is 0 Å². The molecule has 0 atom stereocenters. The van der Waals surface area contributed by atoms with Crippen molar-refractivity contribution < 1.29 is 8.42 Å². The number of para-hydroxylation sites is 1. The van der Waals surface area contributed by atoms with Gasteiger partial charge in [-0.05, 0) is 55.1 Å². The summed E-state index contributed by atoms with van der Waals surface area (Å²) in [5, 5.41) is 11.1.